The van der Waals surface area contributed by atoms with Gasteiger partial charge in [-0.15, -0.1) is 0 Å². The van der Waals surface area contributed by atoms with Crippen molar-refractivity contribution in [3.63, 3.8) is 0 Å². The lowest BCUT2D eigenvalue weighted by atomic mass is 9.93. The second-order valence-corrected chi connectivity index (χ2v) is 9.54. The Kier molecular flexibility index (Phi) is 6.07. The van der Waals surface area contributed by atoms with Crippen molar-refractivity contribution in [2.75, 3.05) is 26.2 Å². The van der Waals surface area contributed by atoms with E-state index in [1.807, 2.05) is 11.0 Å². The van der Waals surface area contributed by atoms with Gasteiger partial charge in [0, 0.05) is 62.9 Å². The zero-order valence-electron chi connectivity index (χ0n) is 19.3. The van der Waals surface area contributed by atoms with Crippen molar-refractivity contribution in [1.29, 1.82) is 0 Å². The number of likely N-dealkylation sites (tertiary alicyclic amines) is 1. The van der Waals surface area contributed by atoms with Gasteiger partial charge < -0.3 is 9.64 Å². The Morgan fingerprint density at radius 3 is 2.69 bits per heavy atom. The molecule has 3 aliphatic heterocycles. The molecule has 174 valence electrons. The van der Waals surface area contributed by atoms with Crippen LogP contribution in [-0.2, 0) is 22.5 Å². The molecule has 1 N–H and O–H groups in total. The van der Waals surface area contributed by atoms with Gasteiger partial charge in [0.1, 0.15) is 6.10 Å². The molecule has 8 nitrogen and oxygen atoms in total. The number of nitrogens with one attached hydrogen (secondary N) is 1. The van der Waals surface area contributed by atoms with Crippen molar-refractivity contribution in [2.24, 2.45) is 0 Å². The molecular formula is C24H35N5O3. The summed E-state index contributed by atoms with van der Waals surface area (Å²) in [5, 5.41) is 3.35. The Morgan fingerprint density at radius 2 is 2.00 bits per heavy atom. The van der Waals surface area contributed by atoms with Crippen LogP contribution in [-0.4, -0.2) is 68.7 Å². The summed E-state index contributed by atoms with van der Waals surface area (Å²) in [5.74, 6) is 0.452. The molecule has 0 bridgehead atoms. The number of carbonyl (C=O) groups excluding carboxylic acids is 1. The van der Waals surface area contributed by atoms with Gasteiger partial charge in [-0.1, -0.05) is 13.8 Å². The van der Waals surface area contributed by atoms with Crippen molar-refractivity contribution in [3.05, 3.63) is 33.4 Å². The number of rotatable bonds is 5. The number of carbonyl (C=O) groups is 1. The van der Waals surface area contributed by atoms with Gasteiger partial charge in [-0.25, -0.2) is 9.50 Å². The van der Waals surface area contributed by atoms with Crippen LogP contribution in [0.5, 0.6) is 0 Å². The Balaban J connectivity index is 1.32. The molecule has 2 saturated heterocycles. The summed E-state index contributed by atoms with van der Waals surface area (Å²) in [4.78, 5) is 35.2. The van der Waals surface area contributed by atoms with Crippen molar-refractivity contribution in [1.82, 2.24) is 24.4 Å². The summed E-state index contributed by atoms with van der Waals surface area (Å²) in [5.41, 5.74) is 3.61. The minimum absolute atomic E-state index is 0.0397. The highest BCUT2D eigenvalue weighted by molar-refractivity contribution is 5.81. The lowest BCUT2D eigenvalue weighted by molar-refractivity contribution is -0.142. The lowest BCUT2D eigenvalue weighted by Gasteiger charge is -2.33. The van der Waals surface area contributed by atoms with E-state index < -0.39 is 0 Å². The van der Waals surface area contributed by atoms with E-state index in [4.69, 9.17) is 9.72 Å². The Labute approximate surface area is 188 Å². The maximum atomic E-state index is 13.3. The van der Waals surface area contributed by atoms with Crippen LogP contribution in [0, 0.1) is 0 Å². The summed E-state index contributed by atoms with van der Waals surface area (Å²) in [6.07, 6.45) is 6.39. The zero-order valence-corrected chi connectivity index (χ0v) is 19.3. The van der Waals surface area contributed by atoms with Gasteiger partial charge in [-0.2, -0.15) is 0 Å². The zero-order chi connectivity index (χ0) is 22.2. The van der Waals surface area contributed by atoms with Gasteiger partial charge in [-0.05, 0) is 38.5 Å². The summed E-state index contributed by atoms with van der Waals surface area (Å²) in [6, 6.07) is 2.56. The van der Waals surface area contributed by atoms with Crippen LogP contribution < -0.4 is 5.56 Å². The number of hydrogen-bond acceptors (Lipinski definition) is 5. The largest absolute Gasteiger partial charge is 0.368 e. The van der Waals surface area contributed by atoms with Crippen LogP contribution in [0.15, 0.2) is 10.9 Å². The molecule has 2 fully saturated rings. The molecule has 32 heavy (non-hydrogen) atoms. The van der Waals surface area contributed by atoms with Crippen LogP contribution in [0.2, 0.25) is 0 Å². The molecule has 2 aromatic rings. The van der Waals surface area contributed by atoms with E-state index >= 15 is 0 Å². The number of piperidine rings is 1. The van der Waals surface area contributed by atoms with E-state index in [1.54, 1.807) is 4.52 Å². The van der Waals surface area contributed by atoms with E-state index in [0.717, 1.165) is 87.2 Å². The highest BCUT2D eigenvalue weighted by Gasteiger charge is 2.32. The van der Waals surface area contributed by atoms with E-state index in [-0.39, 0.29) is 17.6 Å². The number of amides is 1. The maximum Gasteiger partial charge on any atom is 0.277 e. The monoisotopic (exact) mass is 441 g/mol. The number of fused-ring (bicyclic) bond motifs is 2. The first kappa shape index (κ1) is 21.6. The molecule has 1 atom stereocenters. The van der Waals surface area contributed by atoms with Crippen LogP contribution in [0.25, 0.3) is 5.65 Å². The summed E-state index contributed by atoms with van der Waals surface area (Å²) in [6.45, 7) is 8.27. The van der Waals surface area contributed by atoms with Crippen LogP contribution in [0.3, 0.4) is 0 Å². The predicted octanol–water partition coefficient (Wildman–Crippen LogP) is 2.45. The molecule has 2 aromatic heterocycles. The van der Waals surface area contributed by atoms with Gasteiger partial charge in [0.05, 0.1) is 11.3 Å². The quantitative estimate of drug-likeness (QED) is 0.771. The average Bonchev–Trinajstić information content (AvgIpc) is 3.51. The molecule has 0 saturated carbocycles. The van der Waals surface area contributed by atoms with Crippen molar-refractivity contribution in [2.45, 2.75) is 83.4 Å². The SMILES string of the molecule is CCC(CC)N1CCc2nc3cc(C4CCN(C(=O)[C@H]5CCCO5)CC4)[nH]n3c(=O)c2C1. The van der Waals surface area contributed by atoms with E-state index in [1.165, 1.54) is 0 Å². The van der Waals surface area contributed by atoms with Gasteiger partial charge in [-0.3, -0.25) is 19.6 Å². The first-order valence-corrected chi connectivity index (χ1v) is 12.4. The van der Waals surface area contributed by atoms with Crippen LogP contribution in [0.1, 0.15) is 75.2 Å². The number of nitrogens with zero attached hydrogens (tertiary/aromatic N) is 4. The number of aromatic amines is 1. The molecule has 5 heterocycles. The normalized spacial score (nSPS) is 22.7. The molecule has 0 aliphatic carbocycles. The Bertz CT molecular complexity index is 1030. The molecule has 0 aromatic carbocycles. The fourth-order valence-corrected chi connectivity index (χ4v) is 5.73. The van der Waals surface area contributed by atoms with Crippen molar-refractivity contribution in [3.8, 4) is 0 Å². The average molecular weight is 442 g/mol. The summed E-state index contributed by atoms with van der Waals surface area (Å²) >= 11 is 0. The van der Waals surface area contributed by atoms with Gasteiger partial charge >= 0.3 is 0 Å². The fraction of sp³-hybridized carbons (Fsp3) is 0.708. The number of H-pyrrole nitrogens is 1. The van der Waals surface area contributed by atoms with Gasteiger partial charge in [0.2, 0.25) is 0 Å². The first-order chi connectivity index (χ1) is 15.6. The predicted molar refractivity (Wildman–Crippen MR) is 122 cm³/mol. The molecule has 3 aliphatic rings. The van der Waals surface area contributed by atoms with E-state index in [2.05, 4.69) is 23.8 Å². The molecule has 8 heteroatoms. The molecule has 5 rings (SSSR count). The standard InChI is InChI=1S/C24H35N5O3/c1-3-17(4-2)28-12-9-19-18(15-28)23(30)29-22(25-19)14-20(26-29)16-7-10-27(11-8-16)24(31)21-6-5-13-32-21/h14,16-17,21,26H,3-13,15H2,1-2H3/t21-/m1/s1. The third-order valence-corrected chi connectivity index (χ3v) is 7.72. The molecule has 0 radical (unpaired) electrons. The Morgan fingerprint density at radius 1 is 1.22 bits per heavy atom. The maximum absolute atomic E-state index is 13.3. The molecule has 1 amide bonds. The van der Waals surface area contributed by atoms with Crippen molar-refractivity contribution >= 4 is 11.6 Å². The third-order valence-electron chi connectivity index (χ3n) is 7.72. The molecule has 0 unspecified atom stereocenters. The first-order valence-electron chi connectivity index (χ1n) is 12.4. The topological polar surface area (TPSA) is 82.9 Å². The van der Waals surface area contributed by atoms with Gasteiger partial charge in [0.25, 0.3) is 11.5 Å². The second-order valence-electron chi connectivity index (χ2n) is 9.54. The van der Waals surface area contributed by atoms with Crippen molar-refractivity contribution < 1.29 is 9.53 Å². The number of aromatic nitrogens is 3. The third kappa shape index (κ3) is 3.88. The minimum atomic E-state index is -0.242. The molecule has 0 spiro atoms. The second kappa shape index (κ2) is 8.98. The number of ether oxygens (including phenoxy) is 1. The summed E-state index contributed by atoms with van der Waals surface area (Å²) < 4.78 is 7.20. The summed E-state index contributed by atoms with van der Waals surface area (Å²) in [7, 11) is 0. The van der Waals surface area contributed by atoms with Gasteiger partial charge in [0.15, 0.2) is 5.65 Å². The lowest BCUT2D eigenvalue weighted by Crippen LogP contribution is -2.43. The van der Waals surface area contributed by atoms with Crippen LogP contribution >= 0.6 is 0 Å². The molecular weight excluding hydrogens is 406 g/mol. The van der Waals surface area contributed by atoms with E-state index in [9.17, 15) is 9.59 Å². The smallest absolute Gasteiger partial charge is 0.277 e. The fourth-order valence-electron chi connectivity index (χ4n) is 5.73. The minimum Gasteiger partial charge on any atom is -0.368 e. The van der Waals surface area contributed by atoms with E-state index in [0.29, 0.717) is 25.1 Å². The Hall–Kier alpha value is -2.19. The highest BCUT2D eigenvalue weighted by Crippen LogP contribution is 2.29. The highest BCUT2D eigenvalue weighted by atomic mass is 16.5. The van der Waals surface area contributed by atoms with Crippen LogP contribution in [0.4, 0.5) is 0 Å². The number of hydrogen-bond donors (Lipinski definition) is 1.